The predicted octanol–water partition coefficient (Wildman–Crippen LogP) is 4.65. The molecule has 21 heavy (non-hydrogen) atoms. The second-order valence-electron chi connectivity index (χ2n) is 4.41. The second kappa shape index (κ2) is 7.69. The summed E-state index contributed by atoms with van der Waals surface area (Å²) in [6, 6.07) is 11.6. The number of thioether (sulfide) groups is 1. The fourth-order valence-corrected chi connectivity index (χ4v) is 2.87. The van der Waals surface area contributed by atoms with E-state index in [9.17, 15) is 4.79 Å². The molecule has 1 aromatic carbocycles. The molecule has 0 saturated carbocycles. The van der Waals surface area contributed by atoms with Gasteiger partial charge in [-0.05, 0) is 18.6 Å². The minimum Gasteiger partial charge on any atom is -0.308 e. The van der Waals surface area contributed by atoms with Gasteiger partial charge < -0.3 is 5.32 Å². The molecule has 0 aliphatic carbocycles. The first kappa shape index (κ1) is 16.1. The molecule has 0 aliphatic heterocycles. The topological polar surface area (TPSA) is 42.0 Å². The Kier molecular flexibility index (Phi) is 5.91. The van der Waals surface area contributed by atoms with Gasteiger partial charge in [0.15, 0.2) is 5.82 Å². The highest BCUT2D eigenvalue weighted by molar-refractivity contribution is 7.99. The number of pyridine rings is 1. The highest BCUT2D eigenvalue weighted by Gasteiger charge is 2.15. The van der Waals surface area contributed by atoms with Crippen molar-refractivity contribution in [3.05, 3.63) is 58.2 Å². The lowest BCUT2D eigenvalue weighted by Gasteiger charge is -2.12. The molecule has 0 spiro atoms. The van der Waals surface area contributed by atoms with Crippen LogP contribution >= 0.6 is 35.0 Å². The smallest absolute Gasteiger partial charge is 0.238 e. The van der Waals surface area contributed by atoms with Crippen LogP contribution in [-0.2, 0) is 10.5 Å². The Morgan fingerprint density at radius 1 is 1.33 bits per heavy atom. The molecule has 1 N–H and O–H groups in total. The van der Waals surface area contributed by atoms with Crippen LogP contribution in [0.15, 0.2) is 42.6 Å². The Balaban J connectivity index is 1.90. The van der Waals surface area contributed by atoms with Gasteiger partial charge >= 0.3 is 0 Å². The quantitative estimate of drug-likeness (QED) is 0.861. The summed E-state index contributed by atoms with van der Waals surface area (Å²) in [5, 5.41) is 3.27. The third-order valence-electron chi connectivity index (χ3n) is 2.76. The normalized spacial score (nSPS) is 12.0. The van der Waals surface area contributed by atoms with Crippen LogP contribution in [0.4, 0.5) is 5.82 Å². The van der Waals surface area contributed by atoms with E-state index in [0.717, 1.165) is 5.75 Å². The van der Waals surface area contributed by atoms with Crippen LogP contribution in [0, 0.1) is 0 Å². The fraction of sp³-hybridized carbons (Fsp3) is 0.200. The summed E-state index contributed by atoms with van der Waals surface area (Å²) in [6.07, 6.45) is 1.45. The largest absolute Gasteiger partial charge is 0.308 e. The van der Waals surface area contributed by atoms with Gasteiger partial charge in [0.25, 0.3) is 0 Å². The molecule has 0 radical (unpaired) electrons. The maximum atomic E-state index is 12.1. The maximum Gasteiger partial charge on any atom is 0.238 e. The average Bonchev–Trinajstić information content (AvgIpc) is 2.48. The highest BCUT2D eigenvalue weighted by atomic mass is 35.5. The van der Waals surface area contributed by atoms with Crippen molar-refractivity contribution in [3.63, 3.8) is 0 Å². The number of nitrogens with zero attached hydrogens (tertiary/aromatic N) is 1. The predicted molar refractivity (Wildman–Crippen MR) is 90.1 cm³/mol. The number of rotatable bonds is 5. The minimum atomic E-state index is -0.209. The van der Waals surface area contributed by atoms with Gasteiger partial charge in [0.1, 0.15) is 0 Å². The highest BCUT2D eigenvalue weighted by Crippen LogP contribution is 2.24. The lowest BCUT2D eigenvalue weighted by Crippen LogP contribution is -2.23. The van der Waals surface area contributed by atoms with Crippen molar-refractivity contribution in [2.24, 2.45) is 0 Å². The van der Waals surface area contributed by atoms with E-state index in [1.165, 1.54) is 11.8 Å². The number of nitrogens with one attached hydrogen (secondary N) is 1. The van der Waals surface area contributed by atoms with Gasteiger partial charge in [-0.3, -0.25) is 4.79 Å². The van der Waals surface area contributed by atoms with Crippen molar-refractivity contribution in [3.8, 4) is 0 Å². The van der Waals surface area contributed by atoms with Crippen LogP contribution in [0.2, 0.25) is 10.0 Å². The van der Waals surface area contributed by atoms with Crippen molar-refractivity contribution >= 4 is 46.7 Å². The number of benzene rings is 1. The van der Waals surface area contributed by atoms with Gasteiger partial charge in [0.2, 0.25) is 5.91 Å². The van der Waals surface area contributed by atoms with Crippen LogP contribution in [0.3, 0.4) is 0 Å². The number of amides is 1. The molecule has 6 heteroatoms. The SMILES string of the molecule is C[C@@H](SCc1ccccc1)C(=O)Nc1ncc(Cl)cc1Cl. The molecular weight excluding hydrogens is 327 g/mol. The minimum absolute atomic E-state index is 0.132. The summed E-state index contributed by atoms with van der Waals surface area (Å²) in [4.78, 5) is 16.1. The summed E-state index contributed by atoms with van der Waals surface area (Å²) in [5.41, 5.74) is 1.19. The van der Waals surface area contributed by atoms with Crippen molar-refractivity contribution in [2.75, 3.05) is 5.32 Å². The van der Waals surface area contributed by atoms with E-state index >= 15 is 0 Å². The zero-order valence-electron chi connectivity index (χ0n) is 11.3. The zero-order chi connectivity index (χ0) is 15.2. The summed E-state index contributed by atoms with van der Waals surface area (Å²) >= 11 is 13.3. The van der Waals surface area contributed by atoms with Crippen LogP contribution in [0.5, 0.6) is 0 Å². The van der Waals surface area contributed by atoms with Gasteiger partial charge in [-0.15, -0.1) is 11.8 Å². The van der Waals surface area contributed by atoms with Gasteiger partial charge in [-0.1, -0.05) is 53.5 Å². The summed E-state index contributed by atoms with van der Waals surface area (Å²) in [6.45, 7) is 1.85. The summed E-state index contributed by atoms with van der Waals surface area (Å²) in [5.74, 6) is 0.975. The van der Waals surface area contributed by atoms with E-state index in [0.29, 0.717) is 15.9 Å². The molecule has 1 aromatic heterocycles. The number of carbonyl (C=O) groups is 1. The molecule has 110 valence electrons. The molecule has 0 saturated heterocycles. The van der Waals surface area contributed by atoms with Crippen LogP contribution in [0.25, 0.3) is 0 Å². The van der Waals surface area contributed by atoms with Crippen molar-refractivity contribution in [1.82, 2.24) is 4.98 Å². The maximum absolute atomic E-state index is 12.1. The van der Waals surface area contributed by atoms with Crippen LogP contribution < -0.4 is 5.32 Å². The van der Waals surface area contributed by atoms with Crippen molar-refractivity contribution in [1.29, 1.82) is 0 Å². The molecule has 0 unspecified atom stereocenters. The van der Waals surface area contributed by atoms with E-state index < -0.39 is 0 Å². The molecule has 0 aliphatic rings. The van der Waals surface area contributed by atoms with E-state index in [1.807, 2.05) is 37.3 Å². The summed E-state index contributed by atoms with van der Waals surface area (Å²) in [7, 11) is 0. The fourth-order valence-electron chi connectivity index (χ4n) is 1.60. The number of aromatic nitrogens is 1. The number of halogens is 2. The number of anilines is 1. The van der Waals surface area contributed by atoms with E-state index in [4.69, 9.17) is 23.2 Å². The van der Waals surface area contributed by atoms with Crippen LogP contribution in [-0.4, -0.2) is 16.1 Å². The second-order valence-corrected chi connectivity index (χ2v) is 6.58. The van der Waals surface area contributed by atoms with E-state index in [1.54, 1.807) is 17.8 Å². The van der Waals surface area contributed by atoms with Gasteiger partial charge in [0, 0.05) is 11.9 Å². The molecular formula is C15H14Cl2N2OS. The van der Waals surface area contributed by atoms with Crippen LogP contribution in [0.1, 0.15) is 12.5 Å². The lowest BCUT2D eigenvalue weighted by molar-refractivity contribution is -0.115. The van der Waals surface area contributed by atoms with Gasteiger partial charge in [-0.2, -0.15) is 0 Å². The van der Waals surface area contributed by atoms with E-state index in [-0.39, 0.29) is 11.2 Å². The molecule has 1 heterocycles. The summed E-state index contributed by atoms with van der Waals surface area (Å²) < 4.78 is 0. The van der Waals surface area contributed by atoms with Gasteiger partial charge in [-0.25, -0.2) is 4.98 Å². The van der Waals surface area contributed by atoms with Crippen molar-refractivity contribution in [2.45, 2.75) is 17.9 Å². The number of hydrogen-bond acceptors (Lipinski definition) is 3. The molecule has 2 rings (SSSR count). The van der Waals surface area contributed by atoms with Gasteiger partial charge in [0.05, 0.1) is 15.3 Å². The lowest BCUT2D eigenvalue weighted by atomic mass is 10.2. The monoisotopic (exact) mass is 340 g/mol. The molecule has 3 nitrogen and oxygen atoms in total. The molecule has 2 aromatic rings. The molecule has 1 atom stereocenters. The molecule has 1 amide bonds. The Morgan fingerprint density at radius 3 is 2.71 bits per heavy atom. The van der Waals surface area contributed by atoms with Crippen molar-refractivity contribution < 1.29 is 4.79 Å². The Morgan fingerprint density at radius 2 is 2.05 bits per heavy atom. The third kappa shape index (κ3) is 4.92. The third-order valence-corrected chi connectivity index (χ3v) is 4.47. The standard InChI is InChI=1S/C15H14Cl2N2OS/c1-10(21-9-11-5-3-2-4-6-11)15(20)19-14-13(17)7-12(16)8-18-14/h2-8,10H,9H2,1H3,(H,18,19,20)/t10-/m1/s1. The Bertz CT molecular complexity index is 622. The first-order valence-electron chi connectivity index (χ1n) is 6.33. The number of carbonyl (C=O) groups excluding carboxylic acids is 1. The average molecular weight is 341 g/mol. The Hall–Kier alpha value is -1.23. The first-order valence-corrected chi connectivity index (χ1v) is 8.14. The Labute approximate surface area is 138 Å². The molecule has 0 fully saturated rings. The zero-order valence-corrected chi connectivity index (χ0v) is 13.7. The number of hydrogen-bond donors (Lipinski definition) is 1. The first-order chi connectivity index (χ1) is 10.1. The molecule has 0 bridgehead atoms. The van der Waals surface area contributed by atoms with E-state index in [2.05, 4.69) is 10.3 Å².